The molecule has 1 heterocycles. The van der Waals surface area contributed by atoms with Crippen molar-refractivity contribution in [3.63, 3.8) is 0 Å². The second-order valence-corrected chi connectivity index (χ2v) is 4.26. The zero-order chi connectivity index (χ0) is 15.7. The van der Waals surface area contributed by atoms with Gasteiger partial charge in [0.25, 0.3) is 5.56 Å². The van der Waals surface area contributed by atoms with Gasteiger partial charge in [0.05, 0.1) is 5.69 Å². The number of nitrogens with one attached hydrogen (secondary N) is 1. The summed E-state index contributed by atoms with van der Waals surface area (Å²) in [7, 11) is 0. The van der Waals surface area contributed by atoms with Crippen molar-refractivity contribution in [2.24, 2.45) is 0 Å². The third kappa shape index (κ3) is 3.44. The molecule has 0 saturated heterocycles. The summed E-state index contributed by atoms with van der Waals surface area (Å²) in [5, 5.41) is 18.2. The number of aryl methyl sites for hydroxylation is 1. The Bertz CT molecular complexity index is 856. The molecule has 8 nitrogen and oxygen atoms in total. The second kappa shape index (κ2) is 7.16. The van der Waals surface area contributed by atoms with Crippen molar-refractivity contribution in [2.45, 2.75) is 6.92 Å². The Labute approximate surface area is 167 Å². The fraction of sp³-hybridized carbons (Fsp3) is 0.0769. The van der Waals surface area contributed by atoms with Crippen LogP contribution in [0.3, 0.4) is 0 Å². The van der Waals surface area contributed by atoms with E-state index < -0.39 is 34.4 Å². The van der Waals surface area contributed by atoms with Crippen molar-refractivity contribution in [2.75, 3.05) is 0 Å². The molecule has 110 valence electrons. The zero-order valence-electron chi connectivity index (χ0n) is 12.8. The average molecular weight is 330 g/mol. The number of carboxylic acids is 2. The van der Waals surface area contributed by atoms with E-state index in [9.17, 15) is 24.3 Å². The first-order chi connectivity index (χ1) is 9.82. The fourth-order valence-corrected chi connectivity index (χ4v) is 1.88. The molecule has 1 aromatic heterocycles. The van der Waals surface area contributed by atoms with Gasteiger partial charge in [0, 0.05) is 0 Å². The molecule has 0 radical (unpaired) electrons. The Morgan fingerprint density at radius 1 is 1.09 bits per heavy atom. The third-order valence-corrected chi connectivity index (χ3v) is 2.82. The topological polar surface area (TPSA) is 129 Å². The van der Waals surface area contributed by atoms with E-state index in [2.05, 4.69) is 0 Å². The first kappa shape index (κ1) is 18.5. The molecule has 0 bridgehead atoms. The second-order valence-electron chi connectivity index (χ2n) is 4.26. The molecule has 1 aromatic carbocycles. The molecule has 0 aliphatic heterocycles. The van der Waals surface area contributed by atoms with Crippen LogP contribution in [0.25, 0.3) is 5.69 Å². The molecular weight excluding hydrogens is 319 g/mol. The largest absolute Gasteiger partial charge is 1.00 e. The number of nitrogens with zero attached hydrogens (tertiary/aromatic N) is 1. The minimum Gasteiger partial charge on any atom is -1.00 e. The molecule has 0 saturated carbocycles. The van der Waals surface area contributed by atoms with Crippen molar-refractivity contribution >= 4 is 11.9 Å². The van der Waals surface area contributed by atoms with Crippen molar-refractivity contribution in [1.29, 1.82) is 0 Å². The van der Waals surface area contributed by atoms with E-state index in [-0.39, 0.29) is 58.5 Å². The van der Waals surface area contributed by atoms with Crippen LogP contribution in [0.1, 0.15) is 27.8 Å². The molecule has 0 aliphatic rings. The zero-order valence-corrected chi connectivity index (χ0v) is 14.9. The molecule has 22 heavy (non-hydrogen) atoms. The van der Waals surface area contributed by atoms with E-state index in [0.29, 0.717) is 4.57 Å². The van der Waals surface area contributed by atoms with E-state index in [1.165, 1.54) is 12.1 Å². The van der Waals surface area contributed by atoms with Gasteiger partial charge in [0.15, 0.2) is 11.3 Å². The van der Waals surface area contributed by atoms with Gasteiger partial charge in [0.2, 0.25) is 0 Å². The predicted molar refractivity (Wildman–Crippen MR) is 72.4 cm³/mol. The minimum atomic E-state index is -1.73. The summed E-state index contributed by atoms with van der Waals surface area (Å²) >= 11 is 0. The van der Waals surface area contributed by atoms with Crippen LogP contribution < -0.4 is 62.6 Å². The fourth-order valence-electron chi connectivity index (χ4n) is 1.88. The van der Waals surface area contributed by atoms with Crippen LogP contribution in [0.15, 0.2) is 33.9 Å². The standard InChI is InChI=1S/C13H10N2O6.K.H/c1-6-2-4-7(5-3-6)15-9(12(19)20)8(11(17)18)10(16)14-13(15)21;;/h2-5H,1H3,(H,17,18)(H,19,20)(H,14,16,21);;/q;+1;-1. The number of carbonyl (C=O) groups is 2. The molecule has 2 aromatic rings. The number of carboxylic acid groups (broad SMARTS) is 2. The van der Waals surface area contributed by atoms with Gasteiger partial charge in [-0.15, -0.1) is 0 Å². The van der Waals surface area contributed by atoms with Crippen LogP contribution in [0.4, 0.5) is 0 Å². The Kier molecular flexibility index (Phi) is 6.03. The molecule has 3 N–H and O–H groups in total. The van der Waals surface area contributed by atoms with Crippen LogP contribution in [-0.4, -0.2) is 31.7 Å². The van der Waals surface area contributed by atoms with E-state index >= 15 is 0 Å². The molecule has 0 fully saturated rings. The van der Waals surface area contributed by atoms with Crippen LogP contribution in [0.5, 0.6) is 0 Å². The summed E-state index contributed by atoms with van der Waals surface area (Å²) < 4.78 is 0.645. The maximum absolute atomic E-state index is 11.9. The predicted octanol–water partition coefficient (Wildman–Crippen LogP) is -2.65. The number of aromatic nitrogens is 2. The van der Waals surface area contributed by atoms with E-state index in [0.717, 1.165) is 5.56 Å². The van der Waals surface area contributed by atoms with Crippen LogP contribution in [0, 0.1) is 6.92 Å². The van der Waals surface area contributed by atoms with Gasteiger partial charge in [-0.3, -0.25) is 14.3 Å². The van der Waals surface area contributed by atoms with Gasteiger partial charge in [-0.1, -0.05) is 17.7 Å². The Morgan fingerprint density at radius 2 is 1.64 bits per heavy atom. The molecule has 0 aliphatic carbocycles. The number of rotatable bonds is 3. The molecule has 0 spiro atoms. The Morgan fingerprint density at radius 3 is 2.09 bits per heavy atom. The quantitative estimate of drug-likeness (QED) is 0.527. The Balaban J connectivity index is 0.00000242. The first-order valence-electron chi connectivity index (χ1n) is 5.76. The number of benzene rings is 1. The van der Waals surface area contributed by atoms with Crippen molar-refractivity contribution in [3.05, 3.63) is 61.9 Å². The number of aromatic carboxylic acids is 2. The van der Waals surface area contributed by atoms with Crippen molar-refractivity contribution in [3.8, 4) is 5.69 Å². The van der Waals surface area contributed by atoms with E-state index in [4.69, 9.17) is 5.11 Å². The van der Waals surface area contributed by atoms with Gasteiger partial charge < -0.3 is 11.6 Å². The molecule has 2 rings (SSSR count). The SMILES string of the molecule is Cc1ccc(-n2c(C(=O)O)c(C(=O)O)c(=O)[nH]c2=O)cc1.[H-].[K+]. The summed E-state index contributed by atoms with van der Waals surface area (Å²) in [5.74, 6) is -3.41. The number of H-pyrrole nitrogens is 1. The summed E-state index contributed by atoms with van der Waals surface area (Å²) in [6.07, 6.45) is 0. The van der Waals surface area contributed by atoms with Gasteiger partial charge in [-0.2, -0.15) is 0 Å². The normalized spacial score (nSPS) is 9.86. The van der Waals surface area contributed by atoms with Crippen LogP contribution >= 0.6 is 0 Å². The maximum atomic E-state index is 11.9. The van der Waals surface area contributed by atoms with E-state index in [1.807, 2.05) is 0 Å². The number of hydrogen-bond donors (Lipinski definition) is 3. The molecular formula is C13H11KN2O6. The molecule has 0 amide bonds. The summed E-state index contributed by atoms with van der Waals surface area (Å²) in [6, 6.07) is 6.15. The third-order valence-electron chi connectivity index (χ3n) is 2.82. The Hall–Kier alpha value is -1.52. The van der Waals surface area contributed by atoms with Gasteiger partial charge in [-0.05, 0) is 19.1 Å². The van der Waals surface area contributed by atoms with Crippen LogP contribution in [0.2, 0.25) is 0 Å². The number of aromatic amines is 1. The van der Waals surface area contributed by atoms with Crippen molar-refractivity contribution in [1.82, 2.24) is 9.55 Å². The van der Waals surface area contributed by atoms with E-state index in [1.54, 1.807) is 24.0 Å². The smallest absolute Gasteiger partial charge is 1.00 e. The summed E-state index contributed by atoms with van der Waals surface area (Å²) in [6.45, 7) is 1.79. The van der Waals surface area contributed by atoms with Gasteiger partial charge in [-0.25, -0.2) is 14.4 Å². The average Bonchev–Trinajstić information content (AvgIpc) is 2.38. The summed E-state index contributed by atoms with van der Waals surface area (Å²) in [5.41, 5.74) is -3.16. The first-order valence-corrected chi connectivity index (χ1v) is 5.76. The molecule has 9 heteroatoms. The molecule has 0 unspecified atom stereocenters. The van der Waals surface area contributed by atoms with Crippen molar-refractivity contribution < 1.29 is 72.6 Å². The molecule has 0 atom stereocenters. The minimum absolute atomic E-state index is 0. The monoisotopic (exact) mass is 330 g/mol. The maximum Gasteiger partial charge on any atom is 1.00 e. The van der Waals surface area contributed by atoms with Gasteiger partial charge >= 0.3 is 69.0 Å². The summed E-state index contributed by atoms with van der Waals surface area (Å²) in [4.78, 5) is 47.6. The van der Waals surface area contributed by atoms with Gasteiger partial charge in [0.1, 0.15) is 0 Å². The number of hydrogen-bond acceptors (Lipinski definition) is 4. The van der Waals surface area contributed by atoms with Crippen LogP contribution in [-0.2, 0) is 0 Å².